The molecule has 0 saturated heterocycles. The van der Waals surface area contributed by atoms with Gasteiger partial charge in [0.05, 0.1) is 0 Å². The van der Waals surface area contributed by atoms with E-state index in [4.69, 9.17) is 0 Å². The number of nitrogens with zero attached hydrogens (tertiary/aromatic N) is 2. The van der Waals surface area contributed by atoms with E-state index in [9.17, 15) is 0 Å². The van der Waals surface area contributed by atoms with E-state index in [2.05, 4.69) is 72.5 Å². The summed E-state index contributed by atoms with van der Waals surface area (Å²) < 4.78 is 0. The van der Waals surface area contributed by atoms with E-state index < -0.39 is 0 Å². The minimum absolute atomic E-state index is 0.883. The molecule has 19 heavy (non-hydrogen) atoms. The van der Waals surface area contributed by atoms with E-state index in [1.54, 1.807) is 0 Å². The molecule has 3 heteroatoms. The fourth-order valence-electron chi connectivity index (χ4n) is 2.09. The van der Waals surface area contributed by atoms with E-state index in [0.717, 1.165) is 18.9 Å². The van der Waals surface area contributed by atoms with Gasteiger partial charge in [-0.1, -0.05) is 25.1 Å². The number of anilines is 2. The topological polar surface area (TPSA) is 28.2 Å². The number of para-hydroxylation sites is 1. The van der Waals surface area contributed by atoms with Crippen LogP contribution in [0.25, 0.3) is 0 Å². The average Bonchev–Trinajstić information content (AvgIpc) is 2.45. The highest BCUT2D eigenvalue weighted by Gasteiger charge is 2.07. The lowest BCUT2D eigenvalue weighted by molar-refractivity contribution is 0.726. The maximum atomic E-state index is 4.46. The van der Waals surface area contributed by atoms with Crippen LogP contribution in [0.2, 0.25) is 0 Å². The van der Waals surface area contributed by atoms with Crippen LogP contribution in [0.4, 0.5) is 11.5 Å². The van der Waals surface area contributed by atoms with Gasteiger partial charge in [-0.3, -0.25) is 0 Å². The fourth-order valence-corrected chi connectivity index (χ4v) is 2.09. The molecule has 100 valence electrons. The number of hydrogen-bond donors (Lipinski definition) is 1. The lowest BCUT2D eigenvalue weighted by Gasteiger charge is -2.21. The first kappa shape index (κ1) is 13.6. The number of hydrogen-bond acceptors (Lipinski definition) is 3. The van der Waals surface area contributed by atoms with Crippen LogP contribution in [0.15, 0.2) is 42.6 Å². The van der Waals surface area contributed by atoms with E-state index in [1.807, 2.05) is 6.20 Å². The molecule has 0 saturated carbocycles. The summed E-state index contributed by atoms with van der Waals surface area (Å²) in [5.74, 6) is 0.977. The summed E-state index contributed by atoms with van der Waals surface area (Å²) in [5.41, 5.74) is 3.70. The summed E-state index contributed by atoms with van der Waals surface area (Å²) in [6.45, 7) is 6.09. The zero-order valence-electron chi connectivity index (χ0n) is 11.9. The quantitative estimate of drug-likeness (QED) is 0.888. The zero-order valence-corrected chi connectivity index (χ0v) is 11.9. The Morgan fingerprint density at radius 3 is 2.74 bits per heavy atom. The Hall–Kier alpha value is -1.87. The van der Waals surface area contributed by atoms with E-state index in [1.165, 1.54) is 16.8 Å². The second-order valence-electron chi connectivity index (χ2n) is 4.65. The number of benzene rings is 1. The lowest BCUT2D eigenvalue weighted by Crippen LogP contribution is -2.15. The molecule has 0 amide bonds. The molecule has 2 rings (SSSR count). The first-order valence-corrected chi connectivity index (χ1v) is 6.67. The van der Waals surface area contributed by atoms with Gasteiger partial charge in [0, 0.05) is 25.5 Å². The van der Waals surface area contributed by atoms with Gasteiger partial charge in [-0.05, 0) is 42.8 Å². The van der Waals surface area contributed by atoms with E-state index in [0.29, 0.717) is 0 Å². The highest BCUT2D eigenvalue weighted by molar-refractivity contribution is 5.63. The molecule has 0 fully saturated rings. The summed E-state index contributed by atoms with van der Waals surface area (Å²) >= 11 is 0. The van der Waals surface area contributed by atoms with Crippen molar-refractivity contribution in [2.24, 2.45) is 0 Å². The molecule has 0 aliphatic rings. The Bertz CT molecular complexity index is 537. The van der Waals surface area contributed by atoms with Crippen LogP contribution in [0.3, 0.4) is 0 Å². The van der Waals surface area contributed by atoms with Gasteiger partial charge in [0.15, 0.2) is 0 Å². The molecule has 0 spiro atoms. The molecule has 0 radical (unpaired) electrons. The molecule has 0 unspecified atom stereocenters. The van der Waals surface area contributed by atoms with E-state index in [-0.39, 0.29) is 0 Å². The van der Waals surface area contributed by atoms with Gasteiger partial charge in [-0.25, -0.2) is 4.98 Å². The largest absolute Gasteiger partial charge is 0.329 e. The van der Waals surface area contributed by atoms with Crippen molar-refractivity contribution in [3.63, 3.8) is 0 Å². The predicted molar refractivity (Wildman–Crippen MR) is 80.9 cm³/mol. The summed E-state index contributed by atoms with van der Waals surface area (Å²) in [4.78, 5) is 6.59. The van der Waals surface area contributed by atoms with Crippen LogP contribution in [-0.4, -0.2) is 18.6 Å². The minimum Gasteiger partial charge on any atom is -0.329 e. The first-order valence-electron chi connectivity index (χ1n) is 6.67. The smallest absolute Gasteiger partial charge is 0.132 e. The SMILES string of the molecule is CCNCc1ccnc(N(C)c2ccccc2C)c1. The lowest BCUT2D eigenvalue weighted by atomic mass is 10.2. The zero-order chi connectivity index (χ0) is 13.7. The summed E-state index contributed by atoms with van der Waals surface area (Å²) in [5, 5.41) is 3.34. The van der Waals surface area contributed by atoms with Gasteiger partial charge in [0.25, 0.3) is 0 Å². The van der Waals surface area contributed by atoms with Crippen molar-refractivity contribution >= 4 is 11.5 Å². The summed E-state index contributed by atoms with van der Waals surface area (Å²) in [6, 6.07) is 12.5. The molecule has 1 heterocycles. The van der Waals surface area contributed by atoms with Crippen molar-refractivity contribution in [3.8, 4) is 0 Å². The number of nitrogens with one attached hydrogen (secondary N) is 1. The number of rotatable bonds is 5. The molecule has 0 aliphatic carbocycles. The van der Waals surface area contributed by atoms with Crippen molar-refractivity contribution in [1.29, 1.82) is 0 Å². The molecule has 1 aromatic heterocycles. The summed E-state index contributed by atoms with van der Waals surface area (Å²) in [7, 11) is 2.06. The van der Waals surface area contributed by atoms with Gasteiger partial charge >= 0.3 is 0 Å². The maximum Gasteiger partial charge on any atom is 0.132 e. The summed E-state index contributed by atoms with van der Waals surface area (Å²) in [6.07, 6.45) is 1.87. The molecule has 1 N–H and O–H groups in total. The molecule has 0 atom stereocenters. The Morgan fingerprint density at radius 2 is 2.00 bits per heavy atom. The second kappa shape index (κ2) is 6.34. The van der Waals surface area contributed by atoms with Crippen molar-refractivity contribution in [1.82, 2.24) is 10.3 Å². The number of pyridine rings is 1. The molecule has 0 aliphatic heterocycles. The van der Waals surface area contributed by atoms with Crippen LogP contribution in [0, 0.1) is 6.92 Å². The third-order valence-electron chi connectivity index (χ3n) is 3.21. The van der Waals surface area contributed by atoms with Crippen molar-refractivity contribution in [2.45, 2.75) is 20.4 Å². The molecule has 3 nitrogen and oxygen atoms in total. The third-order valence-corrected chi connectivity index (χ3v) is 3.21. The van der Waals surface area contributed by atoms with Gasteiger partial charge in [0.1, 0.15) is 5.82 Å². The molecular weight excluding hydrogens is 234 g/mol. The van der Waals surface area contributed by atoms with Crippen LogP contribution in [0.5, 0.6) is 0 Å². The first-order chi connectivity index (χ1) is 9.22. The molecule has 2 aromatic rings. The van der Waals surface area contributed by atoms with Crippen LogP contribution in [0.1, 0.15) is 18.1 Å². The Labute approximate surface area is 115 Å². The highest BCUT2D eigenvalue weighted by atomic mass is 15.2. The third kappa shape index (κ3) is 3.32. The molecular formula is C16H21N3. The van der Waals surface area contributed by atoms with Crippen LogP contribution in [-0.2, 0) is 6.54 Å². The van der Waals surface area contributed by atoms with Gasteiger partial charge in [-0.2, -0.15) is 0 Å². The highest BCUT2D eigenvalue weighted by Crippen LogP contribution is 2.25. The maximum absolute atomic E-state index is 4.46. The van der Waals surface area contributed by atoms with Gasteiger partial charge < -0.3 is 10.2 Å². The Kier molecular flexibility index (Phi) is 4.53. The van der Waals surface area contributed by atoms with E-state index >= 15 is 0 Å². The molecule has 0 bridgehead atoms. The van der Waals surface area contributed by atoms with Gasteiger partial charge in [0.2, 0.25) is 0 Å². The Morgan fingerprint density at radius 1 is 1.21 bits per heavy atom. The average molecular weight is 255 g/mol. The predicted octanol–water partition coefficient (Wildman–Crippen LogP) is 3.27. The van der Waals surface area contributed by atoms with Crippen LogP contribution >= 0.6 is 0 Å². The van der Waals surface area contributed by atoms with Crippen molar-refractivity contribution in [2.75, 3.05) is 18.5 Å². The van der Waals surface area contributed by atoms with Crippen molar-refractivity contribution < 1.29 is 0 Å². The second-order valence-corrected chi connectivity index (χ2v) is 4.65. The standard InChI is InChI=1S/C16H21N3/c1-4-17-12-14-9-10-18-16(11-14)19(3)15-8-6-5-7-13(15)2/h5-11,17H,4,12H2,1-3H3. The minimum atomic E-state index is 0.883. The van der Waals surface area contributed by atoms with Crippen molar-refractivity contribution in [3.05, 3.63) is 53.7 Å². The number of aromatic nitrogens is 1. The molecule has 1 aromatic carbocycles. The monoisotopic (exact) mass is 255 g/mol. The fraction of sp³-hybridized carbons (Fsp3) is 0.312. The van der Waals surface area contributed by atoms with Gasteiger partial charge in [-0.15, -0.1) is 0 Å². The van der Waals surface area contributed by atoms with Crippen LogP contribution < -0.4 is 10.2 Å². The Balaban J connectivity index is 2.24. The number of aryl methyl sites for hydroxylation is 1. The normalized spacial score (nSPS) is 10.5.